The minimum atomic E-state index is 0.859. The first-order chi connectivity index (χ1) is 23.3. The van der Waals surface area contributed by atoms with E-state index in [0.29, 0.717) is 0 Å². The normalized spacial score (nSPS) is 11.8. The van der Waals surface area contributed by atoms with Gasteiger partial charge in [0.25, 0.3) is 0 Å². The zero-order chi connectivity index (χ0) is 30.9. The third-order valence-corrected chi connectivity index (χ3v) is 9.43. The minimum absolute atomic E-state index is 0.859. The summed E-state index contributed by atoms with van der Waals surface area (Å²) in [6, 6.07) is 57.7. The van der Waals surface area contributed by atoms with Gasteiger partial charge in [0.2, 0.25) is 0 Å². The minimum Gasteiger partial charge on any atom is -0.456 e. The molecule has 3 heteroatoms. The molecule has 0 fully saturated rings. The SMILES string of the molecule is c1ccc(-c2cc3oc4c5ccccc5c5ccccc5c4c3cc2N(c2ccccc2)c2ccc3c(c2)oc2ccccc23)cc1. The van der Waals surface area contributed by atoms with Crippen LogP contribution in [-0.2, 0) is 0 Å². The summed E-state index contributed by atoms with van der Waals surface area (Å²) in [5.74, 6) is 0. The Kier molecular flexibility index (Phi) is 5.57. The fourth-order valence-electron chi connectivity index (χ4n) is 7.33. The Hall–Kier alpha value is -6.32. The maximum atomic E-state index is 6.84. The first-order valence-corrected chi connectivity index (χ1v) is 15.9. The second-order valence-corrected chi connectivity index (χ2v) is 12.1. The molecular formula is C44H27NO2. The second-order valence-electron chi connectivity index (χ2n) is 12.1. The average molecular weight is 602 g/mol. The standard InChI is InChI=1S/C44H27NO2/c1-3-13-28(14-4-1)37-27-42-38(43-35-20-9-7-17-31(35)32-18-8-10-21-36(32)44(43)47-42)26-39(37)45(29-15-5-2-6-16-29)30-23-24-34-33-19-11-12-22-40(33)46-41(34)25-30/h1-27H. The van der Waals surface area contributed by atoms with Crippen molar-refractivity contribution in [3.05, 3.63) is 164 Å². The number of hydrogen-bond acceptors (Lipinski definition) is 3. The lowest BCUT2D eigenvalue weighted by molar-refractivity contribution is 0.669. The summed E-state index contributed by atoms with van der Waals surface area (Å²) in [5, 5.41) is 9.18. The lowest BCUT2D eigenvalue weighted by Crippen LogP contribution is -2.11. The van der Waals surface area contributed by atoms with Crippen LogP contribution in [0.4, 0.5) is 17.1 Å². The van der Waals surface area contributed by atoms with E-state index in [4.69, 9.17) is 8.83 Å². The fourth-order valence-corrected chi connectivity index (χ4v) is 7.33. The maximum Gasteiger partial charge on any atom is 0.143 e. The van der Waals surface area contributed by atoms with Crippen LogP contribution in [-0.4, -0.2) is 0 Å². The molecule has 10 rings (SSSR count). The highest BCUT2D eigenvalue weighted by Gasteiger charge is 2.23. The summed E-state index contributed by atoms with van der Waals surface area (Å²) in [4.78, 5) is 2.34. The fraction of sp³-hybridized carbons (Fsp3) is 0. The van der Waals surface area contributed by atoms with E-state index in [1.165, 1.54) is 16.2 Å². The third-order valence-electron chi connectivity index (χ3n) is 9.43. The lowest BCUT2D eigenvalue weighted by Gasteiger charge is -2.28. The number of furan rings is 2. The van der Waals surface area contributed by atoms with Crippen molar-refractivity contribution in [2.45, 2.75) is 0 Å². The van der Waals surface area contributed by atoms with Gasteiger partial charge in [0.1, 0.15) is 22.3 Å². The van der Waals surface area contributed by atoms with Crippen molar-refractivity contribution in [3.63, 3.8) is 0 Å². The van der Waals surface area contributed by atoms with E-state index < -0.39 is 0 Å². The van der Waals surface area contributed by atoms with Gasteiger partial charge in [-0.1, -0.05) is 115 Å². The van der Waals surface area contributed by atoms with E-state index in [2.05, 4.69) is 157 Å². The van der Waals surface area contributed by atoms with E-state index in [1.54, 1.807) is 0 Å². The van der Waals surface area contributed by atoms with E-state index in [1.807, 2.05) is 12.1 Å². The highest BCUT2D eigenvalue weighted by atomic mass is 16.3. The highest BCUT2D eigenvalue weighted by molar-refractivity contribution is 6.30. The van der Waals surface area contributed by atoms with Crippen molar-refractivity contribution in [1.29, 1.82) is 0 Å². The number of rotatable bonds is 4. The molecule has 47 heavy (non-hydrogen) atoms. The Balaban J connectivity index is 1.33. The zero-order valence-electron chi connectivity index (χ0n) is 25.4. The Morgan fingerprint density at radius 3 is 1.74 bits per heavy atom. The molecular weight excluding hydrogens is 574 g/mol. The van der Waals surface area contributed by atoms with Crippen LogP contribution in [0.15, 0.2) is 173 Å². The quantitative estimate of drug-likeness (QED) is 0.188. The van der Waals surface area contributed by atoms with Crippen molar-refractivity contribution in [2.75, 3.05) is 4.90 Å². The van der Waals surface area contributed by atoms with Crippen molar-refractivity contribution in [3.8, 4) is 11.1 Å². The van der Waals surface area contributed by atoms with Gasteiger partial charge in [-0.15, -0.1) is 0 Å². The number of benzene rings is 8. The van der Waals surface area contributed by atoms with E-state index in [9.17, 15) is 0 Å². The monoisotopic (exact) mass is 601 g/mol. The summed E-state index contributed by atoms with van der Waals surface area (Å²) in [5.41, 5.74) is 8.87. The molecule has 0 aliphatic heterocycles. The van der Waals surface area contributed by atoms with Gasteiger partial charge >= 0.3 is 0 Å². The lowest BCUT2D eigenvalue weighted by atomic mass is 9.95. The molecule has 0 aliphatic carbocycles. The predicted molar refractivity (Wildman–Crippen MR) is 196 cm³/mol. The second kappa shape index (κ2) is 10.1. The van der Waals surface area contributed by atoms with E-state index in [0.717, 1.165) is 77.5 Å². The van der Waals surface area contributed by atoms with E-state index in [-0.39, 0.29) is 0 Å². The molecule has 0 saturated carbocycles. The van der Waals surface area contributed by atoms with Gasteiger partial charge < -0.3 is 13.7 Å². The molecule has 10 aromatic rings. The van der Waals surface area contributed by atoms with Gasteiger partial charge in [0, 0.05) is 49.9 Å². The number of hydrogen-bond donors (Lipinski definition) is 0. The summed E-state index contributed by atoms with van der Waals surface area (Å²) in [6.45, 7) is 0. The number of nitrogens with zero attached hydrogens (tertiary/aromatic N) is 1. The summed E-state index contributed by atoms with van der Waals surface area (Å²) in [7, 11) is 0. The summed E-state index contributed by atoms with van der Waals surface area (Å²) >= 11 is 0. The van der Waals surface area contributed by atoms with Crippen LogP contribution >= 0.6 is 0 Å². The summed E-state index contributed by atoms with van der Waals surface area (Å²) in [6.07, 6.45) is 0. The molecule has 220 valence electrons. The Morgan fingerprint density at radius 2 is 0.957 bits per heavy atom. The third kappa shape index (κ3) is 3.93. The van der Waals surface area contributed by atoms with Gasteiger partial charge in [-0.05, 0) is 64.2 Å². The van der Waals surface area contributed by atoms with Gasteiger partial charge in [-0.3, -0.25) is 0 Å². The van der Waals surface area contributed by atoms with Gasteiger partial charge in [0.15, 0.2) is 0 Å². The molecule has 0 amide bonds. The molecule has 2 aromatic heterocycles. The molecule has 0 N–H and O–H groups in total. The van der Waals surface area contributed by atoms with Gasteiger partial charge in [-0.2, -0.15) is 0 Å². The molecule has 0 bridgehead atoms. The van der Waals surface area contributed by atoms with E-state index >= 15 is 0 Å². The summed E-state index contributed by atoms with van der Waals surface area (Å²) < 4.78 is 13.2. The largest absolute Gasteiger partial charge is 0.456 e. The molecule has 2 heterocycles. The van der Waals surface area contributed by atoms with Crippen molar-refractivity contribution in [2.24, 2.45) is 0 Å². The molecule has 0 unspecified atom stereocenters. The molecule has 0 saturated heterocycles. The number of fused-ring (bicyclic) bond motifs is 11. The first kappa shape index (κ1) is 26.0. The molecule has 0 aliphatic rings. The van der Waals surface area contributed by atoms with Crippen LogP contribution in [0, 0.1) is 0 Å². The first-order valence-electron chi connectivity index (χ1n) is 15.9. The van der Waals surface area contributed by atoms with Crippen LogP contribution in [0.5, 0.6) is 0 Å². The van der Waals surface area contributed by atoms with Crippen LogP contribution in [0.1, 0.15) is 0 Å². The van der Waals surface area contributed by atoms with Crippen LogP contribution in [0.3, 0.4) is 0 Å². The Labute approximate surface area is 270 Å². The molecule has 0 atom stereocenters. The number of anilines is 3. The zero-order valence-corrected chi connectivity index (χ0v) is 25.4. The van der Waals surface area contributed by atoms with Crippen LogP contribution in [0.2, 0.25) is 0 Å². The van der Waals surface area contributed by atoms with Gasteiger partial charge in [-0.25, -0.2) is 0 Å². The van der Waals surface area contributed by atoms with Crippen molar-refractivity contribution in [1.82, 2.24) is 0 Å². The highest BCUT2D eigenvalue weighted by Crippen LogP contribution is 2.48. The topological polar surface area (TPSA) is 29.5 Å². The van der Waals surface area contributed by atoms with Gasteiger partial charge in [0.05, 0.1) is 5.69 Å². The van der Waals surface area contributed by atoms with Crippen molar-refractivity contribution >= 4 is 82.5 Å². The molecule has 8 aromatic carbocycles. The number of para-hydroxylation sites is 2. The maximum absolute atomic E-state index is 6.84. The molecule has 0 radical (unpaired) electrons. The van der Waals surface area contributed by atoms with Crippen LogP contribution < -0.4 is 4.90 Å². The van der Waals surface area contributed by atoms with Crippen molar-refractivity contribution < 1.29 is 8.83 Å². The average Bonchev–Trinajstić information content (AvgIpc) is 3.71. The smallest absolute Gasteiger partial charge is 0.143 e. The Bertz CT molecular complexity index is 2790. The predicted octanol–water partition coefficient (Wildman–Crippen LogP) is 12.9. The molecule has 3 nitrogen and oxygen atoms in total. The van der Waals surface area contributed by atoms with Crippen LogP contribution in [0.25, 0.3) is 76.5 Å². The molecule has 0 spiro atoms. The Morgan fingerprint density at radius 1 is 0.362 bits per heavy atom.